The Morgan fingerprint density at radius 3 is 2.75 bits per heavy atom. The monoisotopic (exact) mass is 205 g/mol. The van der Waals surface area contributed by atoms with Gasteiger partial charge in [0.2, 0.25) is 0 Å². The molecule has 1 heterocycles. The molecule has 0 N–H and O–H groups in total. The van der Waals surface area contributed by atoms with Crippen molar-refractivity contribution < 1.29 is 4.74 Å². The zero-order valence-corrected chi connectivity index (χ0v) is 8.41. The lowest BCUT2D eigenvalue weighted by atomic mass is 10.2. The molecule has 1 rings (SSSR count). The lowest BCUT2D eigenvalue weighted by molar-refractivity contribution is 0.184. The van der Waals surface area contributed by atoms with Crippen LogP contribution in [0.1, 0.15) is 11.1 Å². The van der Waals surface area contributed by atoms with Gasteiger partial charge in [-0.25, -0.2) is 4.98 Å². The van der Waals surface area contributed by atoms with Crippen molar-refractivity contribution in [3.63, 3.8) is 0 Å². The van der Waals surface area contributed by atoms with Gasteiger partial charge in [0.05, 0.1) is 11.6 Å². The van der Waals surface area contributed by atoms with Gasteiger partial charge in [-0.3, -0.25) is 0 Å². The summed E-state index contributed by atoms with van der Waals surface area (Å²) in [5.41, 5.74) is 1.66. The molecule has 0 spiro atoms. The summed E-state index contributed by atoms with van der Waals surface area (Å²) in [6.07, 6.45) is 1.63. The summed E-state index contributed by atoms with van der Waals surface area (Å²) in [7, 11) is 1.61. The number of methoxy groups -OCH3 is 1. The third-order valence-electron chi connectivity index (χ3n) is 1.55. The number of ether oxygens (including phenoxy) is 1. The van der Waals surface area contributed by atoms with Crippen LogP contribution >= 0.6 is 23.2 Å². The summed E-state index contributed by atoms with van der Waals surface area (Å²) in [5, 5.41) is 1.08. The molecule has 0 aromatic carbocycles. The van der Waals surface area contributed by atoms with Gasteiger partial charge in [-0.15, -0.1) is 0 Å². The average molecular weight is 206 g/mol. The molecule has 0 aliphatic carbocycles. The number of nitrogens with zero attached hydrogens (tertiary/aromatic N) is 1. The van der Waals surface area contributed by atoms with Gasteiger partial charge in [0, 0.05) is 24.4 Å². The van der Waals surface area contributed by atoms with E-state index in [1.165, 1.54) is 0 Å². The van der Waals surface area contributed by atoms with Crippen molar-refractivity contribution in [2.24, 2.45) is 0 Å². The predicted octanol–water partition coefficient (Wildman–Crippen LogP) is 2.84. The molecule has 12 heavy (non-hydrogen) atoms. The van der Waals surface area contributed by atoms with E-state index < -0.39 is 0 Å². The van der Waals surface area contributed by atoms with Crippen LogP contribution in [0.25, 0.3) is 0 Å². The number of rotatable bonds is 2. The Morgan fingerprint density at radius 1 is 1.50 bits per heavy atom. The SMILES string of the molecule is COCc1cnc(Cl)c(C)c1Cl. The molecule has 0 atom stereocenters. The van der Waals surface area contributed by atoms with Crippen LogP contribution in [0.4, 0.5) is 0 Å². The molecule has 0 fully saturated rings. The Labute approximate surface area is 81.5 Å². The van der Waals surface area contributed by atoms with Gasteiger partial charge >= 0.3 is 0 Å². The van der Waals surface area contributed by atoms with E-state index >= 15 is 0 Å². The molecule has 0 aliphatic heterocycles. The second-order valence-electron chi connectivity index (χ2n) is 2.45. The first kappa shape index (κ1) is 9.78. The summed E-state index contributed by atoms with van der Waals surface area (Å²) in [4.78, 5) is 3.96. The smallest absolute Gasteiger partial charge is 0.133 e. The van der Waals surface area contributed by atoms with Crippen LogP contribution < -0.4 is 0 Å². The molecule has 0 aliphatic rings. The Morgan fingerprint density at radius 2 is 2.17 bits per heavy atom. The summed E-state index contributed by atoms with van der Waals surface area (Å²) in [6, 6.07) is 0. The predicted molar refractivity (Wildman–Crippen MR) is 49.7 cm³/mol. The second-order valence-corrected chi connectivity index (χ2v) is 3.18. The molecule has 1 aromatic rings. The Balaban J connectivity index is 3.08. The van der Waals surface area contributed by atoms with Crippen LogP contribution in [0.2, 0.25) is 10.2 Å². The quantitative estimate of drug-likeness (QED) is 0.694. The molecule has 0 saturated carbocycles. The standard InChI is InChI=1S/C8H9Cl2NO/c1-5-7(9)6(4-12-2)3-11-8(5)10/h3H,4H2,1-2H3. The van der Waals surface area contributed by atoms with Gasteiger partial charge in [0.25, 0.3) is 0 Å². The highest BCUT2D eigenvalue weighted by molar-refractivity contribution is 6.35. The third-order valence-corrected chi connectivity index (χ3v) is 2.46. The fourth-order valence-electron chi connectivity index (χ4n) is 0.876. The molecule has 0 amide bonds. The number of halogens is 2. The molecule has 2 nitrogen and oxygen atoms in total. The summed E-state index contributed by atoms with van der Waals surface area (Å²) in [5.74, 6) is 0. The van der Waals surface area contributed by atoms with Crippen LogP contribution in [0.5, 0.6) is 0 Å². The number of aromatic nitrogens is 1. The first-order chi connectivity index (χ1) is 5.66. The lowest BCUT2D eigenvalue weighted by Crippen LogP contribution is -1.93. The minimum Gasteiger partial charge on any atom is -0.380 e. The second kappa shape index (κ2) is 4.08. The van der Waals surface area contributed by atoms with Gasteiger partial charge in [-0.05, 0) is 6.92 Å². The topological polar surface area (TPSA) is 22.1 Å². The normalized spacial score (nSPS) is 10.3. The van der Waals surface area contributed by atoms with E-state index in [4.69, 9.17) is 27.9 Å². The van der Waals surface area contributed by atoms with E-state index in [1.54, 1.807) is 13.3 Å². The van der Waals surface area contributed by atoms with E-state index in [-0.39, 0.29) is 0 Å². The summed E-state index contributed by atoms with van der Waals surface area (Å²) >= 11 is 11.7. The third kappa shape index (κ3) is 1.89. The maximum absolute atomic E-state index is 5.97. The molecule has 0 bridgehead atoms. The molecule has 1 aromatic heterocycles. The average Bonchev–Trinajstić information content (AvgIpc) is 2.07. The van der Waals surface area contributed by atoms with Gasteiger partial charge in [0.15, 0.2) is 0 Å². The van der Waals surface area contributed by atoms with Gasteiger partial charge in [0.1, 0.15) is 5.15 Å². The molecule has 0 saturated heterocycles. The van der Waals surface area contributed by atoms with Crippen molar-refractivity contribution in [3.05, 3.63) is 27.5 Å². The molecule has 0 unspecified atom stereocenters. The van der Waals surface area contributed by atoms with Crippen molar-refractivity contribution in [1.82, 2.24) is 4.98 Å². The van der Waals surface area contributed by atoms with E-state index in [0.29, 0.717) is 16.8 Å². The van der Waals surface area contributed by atoms with Crippen molar-refractivity contribution in [3.8, 4) is 0 Å². The molecular weight excluding hydrogens is 197 g/mol. The fourth-order valence-corrected chi connectivity index (χ4v) is 1.26. The van der Waals surface area contributed by atoms with Crippen molar-refractivity contribution in [2.45, 2.75) is 13.5 Å². The van der Waals surface area contributed by atoms with Crippen LogP contribution in [-0.4, -0.2) is 12.1 Å². The minimum atomic E-state index is 0.444. The van der Waals surface area contributed by atoms with Crippen LogP contribution in [-0.2, 0) is 11.3 Å². The highest BCUT2D eigenvalue weighted by Crippen LogP contribution is 2.25. The maximum Gasteiger partial charge on any atom is 0.133 e. The van der Waals surface area contributed by atoms with Crippen molar-refractivity contribution in [1.29, 1.82) is 0 Å². The van der Waals surface area contributed by atoms with Gasteiger partial charge in [-0.2, -0.15) is 0 Å². The zero-order valence-electron chi connectivity index (χ0n) is 6.90. The molecule has 0 radical (unpaired) electrons. The van der Waals surface area contributed by atoms with E-state index in [0.717, 1.165) is 11.1 Å². The highest BCUT2D eigenvalue weighted by atomic mass is 35.5. The molecular formula is C8H9Cl2NO. The number of hydrogen-bond donors (Lipinski definition) is 0. The van der Waals surface area contributed by atoms with Gasteiger partial charge < -0.3 is 4.74 Å². The van der Waals surface area contributed by atoms with Crippen molar-refractivity contribution >= 4 is 23.2 Å². The largest absolute Gasteiger partial charge is 0.380 e. The minimum absolute atomic E-state index is 0.444. The summed E-state index contributed by atoms with van der Waals surface area (Å²) < 4.78 is 4.94. The Bertz CT molecular complexity index is 289. The zero-order chi connectivity index (χ0) is 9.14. The Hall–Kier alpha value is -0.310. The van der Waals surface area contributed by atoms with Crippen LogP contribution in [0, 0.1) is 6.92 Å². The van der Waals surface area contributed by atoms with Gasteiger partial charge in [-0.1, -0.05) is 23.2 Å². The van der Waals surface area contributed by atoms with Crippen LogP contribution in [0.3, 0.4) is 0 Å². The molecule has 4 heteroatoms. The summed E-state index contributed by atoms with van der Waals surface area (Å²) in [6.45, 7) is 2.29. The lowest BCUT2D eigenvalue weighted by Gasteiger charge is -2.05. The van der Waals surface area contributed by atoms with Crippen molar-refractivity contribution in [2.75, 3.05) is 7.11 Å². The number of hydrogen-bond acceptors (Lipinski definition) is 2. The van der Waals surface area contributed by atoms with E-state index in [1.807, 2.05) is 6.92 Å². The fraction of sp³-hybridized carbons (Fsp3) is 0.375. The van der Waals surface area contributed by atoms with E-state index in [9.17, 15) is 0 Å². The Kier molecular flexibility index (Phi) is 3.32. The number of pyridine rings is 1. The first-order valence-electron chi connectivity index (χ1n) is 3.45. The van der Waals surface area contributed by atoms with Crippen LogP contribution in [0.15, 0.2) is 6.20 Å². The highest BCUT2D eigenvalue weighted by Gasteiger charge is 2.06. The maximum atomic E-state index is 5.97. The first-order valence-corrected chi connectivity index (χ1v) is 4.20. The molecule has 66 valence electrons. The van der Waals surface area contributed by atoms with E-state index in [2.05, 4.69) is 4.98 Å².